The summed E-state index contributed by atoms with van der Waals surface area (Å²) in [6.07, 6.45) is 2.97. The highest BCUT2D eigenvalue weighted by molar-refractivity contribution is 6.30. The maximum Gasteiger partial charge on any atom is 0.137 e. The number of aliphatic hydroxyl groups excluding tert-OH is 1. The molecule has 0 bridgehead atoms. The van der Waals surface area contributed by atoms with Crippen LogP contribution in [0.2, 0.25) is 5.02 Å². The summed E-state index contributed by atoms with van der Waals surface area (Å²) in [5.41, 5.74) is -0.807. The second-order valence-electron chi connectivity index (χ2n) is 9.27. The Morgan fingerprint density at radius 3 is 2.45 bits per heavy atom. The molecule has 2 fully saturated rings. The van der Waals surface area contributed by atoms with Crippen molar-refractivity contribution >= 4 is 11.6 Å². The van der Waals surface area contributed by atoms with Crippen LogP contribution in [-0.2, 0) is 0 Å². The lowest BCUT2D eigenvalue weighted by atomic mass is 9.75. The van der Waals surface area contributed by atoms with Gasteiger partial charge < -0.3 is 20.1 Å². The van der Waals surface area contributed by atoms with Crippen molar-refractivity contribution in [3.05, 3.63) is 65.2 Å². The number of halogens is 1. The van der Waals surface area contributed by atoms with Crippen molar-refractivity contribution in [2.45, 2.75) is 55.3 Å². The molecule has 4 rings (SSSR count). The van der Waals surface area contributed by atoms with Crippen molar-refractivity contribution in [1.29, 1.82) is 0 Å². The molecule has 5 nitrogen and oxygen atoms in total. The Balaban J connectivity index is 1.33. The first-order valence-corrected chi connectivity index (χ1v) is 11.5. The van der Waals surface area contributed by atoms with Crippen LogP contribution in [0.15, 0.2) is 54.6 Å². The monoisotopic (exact) mass is 445 g/mol. The zero-order valence-corrected chi connectivity index (χ0v) is 18.5. The highest BCUT2D eigenvalue weighted by Gasteiger charge is 2.44. The number of piperidine rings is 1. The molecule has 6 heteroatoms. The third-order valence-corrected chi connectivity index (χ3v) is 7.06. The van der Waals surface area contributed by atoms with Gasteiger partial charge in [-0.2, -0.15) is 0 Å². The molecule has 2 aromatic rings. The molecular formula is C25H32ClNO4. The van der Waals surface area contributed by atoms with Gasteiger partial charge in [0.2, 0.25) is 0 Å². The van der Waals surface area contributed by atoms with E-state index in [9.17, 15) is 15.3 Å². The third-order valence-electron chi connectivity index (χ3n) is 6.83. The van der Waals surface area contributed by atoms with Gasteiger partial charge in [-0.05, 0) is 61.8 Å². The molecule has 168 valence electrons. The van der Waals surface area contributed by atoms with Crippen molar-refractivity contribution in [2.24, 2.45) is 0 Å². The first-order valence-electron chi connectivity index (χ1n) is 11.1. The zero-order valence-electron chi connectivity index (χ0n) is 17.8. The minimum absolute atomic E-state index is 0.0283. The summed E-state index contributed by atoms with van der Waals surface area (Å²) >= 11 is 6.00. The van der Waals surface area contributed by atoms with Crippen molar-refractivity contribution in [2.75, 3.05) is 26.2 Å². The van der Waals surface area contributed by atoms with Crippen LogP contribution in [0.5, 0.6) is 5.75 Å². The topological polar surface area (TPSA) is 73.2 Å². The molecule has 0 radical (unpaired) electrons. The number of rotatable bonds is 6. The van der Waals surface area contributed by atoms with Crippen LogP contribution in [0.25, 0.3) is 0 Å². The standard InChI is InChI=1S/C25H32ClNO4/c26-21-7-4-8-22(15-21)31-18-25(30)17-27(14-11-23(25)28)16-24(29)12-9-20(10-13-24)19-5-2-1-3-6-19/h1-8,15,20,23,28-30H,9-14,16-18H2/t20?,23-,24?,25-/m0/s1. The summed E-state index contributed by atoms with van der Waals surface area (Å²) in [5, 5.41) is 33.4. The Morgan fingerprint density at radius 1 is 1.00 bits per heavy atom. The van der Waals surface area contributed by atoms with Crippen molar-refractivity contribution in [3.63, 3.8) is 0 Å². The maximum atomic E-state index is 11.2. The van der Waals surface area contributed by atoms with Gasteiger partial charge >= 0.3 is 0 Å². The molecule has 0 unspecified atom stereocenters. The molecule has 1 aliphatic carbocycles. The van der Waals surface area contributed by atoms with E-state index in [2.05, 4.69) is 29.2 Å². The fourth-order valence-corrected chi connectivity index (χ4v) is 5.16. The summed E-state index contributed by atoms with van der Waals surface area (Å²) in [6, 6.07) is 17.5. The van der Waals surface area contributed by atoms with Crippen LogP contribution in [-0.4, -0.2) is 63.8 Å². The predicted octanol–water partition coefficient (Wildman–Crippen LogP) is 3.61. The van der Waals surface area contributed by atoms with Gasteiger partial charge in [0.15, 0.2) is 0 Å². The molecule has 0 spiro atoms. The van der Waals surface area contributed by atoms with E-state index in [1.807, 2.05) is 6.07 Å². The fraction of sp³-hybridized carbons (Fsp3) is 0.520. The lowest BCUT2D eigenvalue weighted by Gasteiger charge is -2.46. The van der Waals surface area contributed by atoms with Gasteiger partial charge in [-0.15, -0.1) is 0 Å². The van der Waals surface area contributed by atoms with Gasteiger partial charge in [-0.3, -0.25) is 4.90 Å². The fourth-order valence-electron chi connectivity index (χ4n) is 4.98. The zero-order chi connectivity index (χ0) is 21.9. The second-order valence-corrected chi connectivity index (χ2v) is 9.71. The molecule has 3 N–H and O–H groups in total. The van der Waals surface area contributed by atoms with Gasteiger partial charge in [0, 0.05) is 24.7 Å². The van der Waals surface area contributed by atoms with E-state index < -0.39 is 17.3 Å². The van der Waals surface area contributed by atoms with Crippen molar-refractivity contribution < 1.29 is 20.1 Å². The second kappa shape index (κ2) is 9.47. The Kier molecular flexibility index (Phi) is 6.89. The number of hydrogen-bond donors (Lipinski definition) is 3. The Labute approximate surface area is 189 Å². The molecule has 0 aromatic heterocycles. The number of hydrogen-bond acceptors (Lipinski definition) is 5. The van der Waals surface area contributed by atoms with E-state index in [0.717, 1.165) is 25.7 Å². The van der Waals surface area contributed by atoms with E-state index in [0.29, 0.717) is 36.2 Å². The molecule has 2 aliphatic rings. The quantitative estimate of drug-likeness (QED) is 0.633. The predicted molar refractivity (Wildman–Crippen MR) is 122 cm³/mol. The lowest BCUT2D eigenvalue weighted by Crippen LogP contribution is -2.62. The van der Waals surface area contributed by atoms with Crippen LogP contribution < -0.4 is 4.74 Å². The van der Waals surface area contributed by atoms with Crippen LogP contribution in [0.4, 0.5) is 0 Å². The van der Waals surface area contributed by atoms with Gasteiger partial charge in [0.05, 0.1) is 11.7 Å². The Hall–Kier alpha value is -1.63. The molecule has 1 saturated heterocycles. The molecule has 0 amide bonds. The summed E-state index contributed by atoms with van der Waals surface area (Å²) in [5.74, 6) is 1.05. The normalized spacial score (nSPS) is 32.0. The minimum Gasteiger partial charge on any atom is -0.490 e. The number of benzene rings is 2. The van der Waals surface area contributed by atoms with E-state index in [1.54, 1.807) is 24.3 Å². The molecule has 1 saturated carbocycles. The van der Waals surface area contributed by atoms with Crippen molar-refractivity contribution in [1.82, 2.24) is 4.90 Å². The molecule has 31 heavy (non-hydrogen) atoms. The van der Waals surface area contributed by atoms with Gasteiger partial charge in [0.1, 0.15) is 18.0 Å². The van der Waals surface area contributed by atoms with Gasteiger partial charge in [-0.25, -0.2) is 0 Å². The van der Waals surface area contributed by atoms with E-state index >= 15 is 0 Å². The minimum atomic E-state index is -1.39. The molecule has 2 aromatic carbocycles. The number of nitrogens with zero attached hydrogens (tertiary/aromatic N) is 1. The van der Waals surface area contributed by atoms with Crippen LogP contribution in [0.1, 0.15) is 43.6 Å². The first-order chi connectivity index (χ1) is 14.9. The first kappa shape index (κ1) is 22.6. The third kappa shape index (κ3) is 5.60. The molecule has 1 aliphatic heterocycles. The lowest BCUT2D eigenvalue weighted by molar-refractivity contribution is -0.150. The number of ether oxygens (including phenoxy) is 1. The van der Waals surface area contributed by atoms with Crippen molar-refractivity contribution in [3.8, 4) is 5.75 Å². The smallest absolute Gasteiger partial charge is 0.137 e. The molecular weight excluding hydrogens is 414 g/mol. The summed E-state index contributed by atoms with van der Waals surface area (Å²) < 4.78 is 5.74. The Morgan fingerprint density at radius 2 is 1.74 bits per heavy atom. The average Bonchev–Trinajstić information content (AvgIpc) is 2.76. The van der Waals surface area contributed by atoms with Crippen LogP contribution >= 0.6 is 11.6 Å². The molecule has 2 atom stereocenters. The van der Waals surface area contributed by atoms with Gasteiger partial charge in [-0.1, -0.05) is 48.0 Å². The van der Waals surface area contributed by atoms with Gasteiger partial charge in [0.25, 0.3) is 0 Å². The molecule has 1 heterocycles. The van der Waals surface area contributed by atoms with E-state index in [4.69, 9.17) is 16.3 Å². The van der Waals surface area contributed by atoms with E-state index in [1.165, 1.54) is 5.56 Å². The van der Waals surface area contributed by atoms with E-state index in [-0.39, 0.29) is 13.2 Å². The highest BCUT2D eigenvalue weighted by atomic mass is 35.5. The summed E-state index contributed by atoms with van der Waals surface area (Å²) in [6.45, 7) is 1.38. The largest absolute Gasteiger partial charge is 0.490 e. The summed E-state index contributed by atoms with van der Waals surface area (Å²) in [4.78, 5) is 2.07. The number of β-amino-alcohol motifs (C(OH)–C–C–N with tert-alkyl or cyclic N) is 2. The van der Waals surface area contributed by atoms with Crippen LogP contribution in [0, 0.1) is 0 Å². The van der Waals surface area contributed by atoms with Crippen LogP contribution in [0.3, 0.4) is 0 Å². The SMILES string of the molecule is O[C@H]1CCN(CC2(O)CCC(c3ccccc3)CC2)C[C@]1(O)COc1cccc(Cl)c1. The average molecular weight is 446 g/mol. The Bertz CT molecular complexity index is 856. The number of likely N-dealkylation sites (tertiary alicyclic amines) is 1. The number of aliphatic hydroxyl groups is 3. The highest BCUT2D eigenvalue weighted by Crippen LogP contribution is 2.39. The maximum absolute atomic E-state index is 11.2. The summed E-state index contributed by atoms with van der Waals surface area (Å²) in [7, 11) is 0.